The summed E-state index contributed by atoms with van der Waals surface area (Å²) in [6, 6.07) is 2.07. The van der Waals surface area contributed by atoms with Crippen LogP contribution in [0, 0.1) is 0 Å². The Kier molecular flexibility index (Phi) is 3.48. The van der Waals surface area contributed by atoms with Crippen LogP contribution in [0.2, 0.25) is 0 Å². The molecule has 0 aliphatic rings. The van der Waals surface area contributed by atoms with E-state index in [1.165, 1.54) is 5.56 Å². The molecule has 0 amide bonds. The molecule has 15 heavy (non-hydrogen) atoms. The molecule has 0 unspecified atom stereocenters. The number of nitrogens with two attached hydrogens (primary N) is 1. The quantitative estimate of drug-likeness (QED) is 0.893. The highest BCUT2D eigenvalue weighted by atomic mass is 32.1. The molecule has 2 aromatic rings. The predicted octanol–water partition coefficient (Wildman–Crippen LogP) is 2.48. The van der Waals surface area contributed by atoms with Crippen molar-refractivity contribution >= 4 is 22.7 Å². The number of methoxy groups -OCH3 is 1. The summed E-state index contributed by atoms with van der Waals surface area (Å²) in [4.78, 5) is 5.64. The van der Waals surface area contributed by atoms with Gasteiger partial charge in [-0.3, -0.25) is 0 Å². The molecule has 0 saturated heterocycles. The Balaban J connectivity index is 2.34. The summed E-state index contributed by atoms with van der Waals surface area (Å²) in [5, 5.41) is 5.17. The van der Waals surface area contributed by atoms with Gasteiger partial charge in [0.05, 0.1) is 12.3 Å². The molecule has 80 valence electrons. The molecule has 2 rings (SSSR count). The monoisotopic (exact) mass is 240 g/mol. The largest absolute Gasteiger partial charge is 0.378 e. The first-order valence-corrected chi connectivity index (χ1v) is 6.31. The third-order valence-electron chi connectivity index (χ3n) is 2.01. The number of thiophene rings is 1. The molecule has 0 atom stereocenters. The number of nitrogens with zero attached hydrogens (tertiary/aromatic N) is 1. The minimum Gasteiger partial charge on any atom is -0.378 e. The van der Waals surface area contributed by atoms with Crippen molar-refractivity contribution in [2.45, 2.75) is 13.2 Å². The van der Waals surface area contributed by atoms with E-state index in [1.807, 2.05) is 0 Å². The molecule has 0 fully saturated rings. The first-order chi connectivity index (χ1) is 7.35. The first kappa shape index (κ1) is 10.8. The van der Waals surface area contributed by atoms with E-state index >= 15 is 0 Å². The lowest BCUT2D eigenvalue weighted by molar-refractivity contribution is 0.181. The summed E-state index contributed by atoms with van der Waals surface area (Å²) in [5.74, 6) is 0. The maximum atomic E-state index is 5.67. The molecule has 2 N–H and O–H groups in total. The zero-order valence-electron chi connectivity index (χ0n) is 8.40. The van der Waals surface area contributed by atoms with Crippen LogP contribution in [-0.2, 0) is 17.9 Å². The molecule has 0 spiro atoms. The van der Waals surface area contributed by atoms with Crippen molar-refractivity contribution in [2.75, 3.05) is 7.11 Å². The van der Waals surface area contributed by atoms with Crippen LogP contribution in [0.3, 0.4) is 0 Å². The second kappa shape index (κ2) is 4.85. The molecule has 0 radical (unpaired) electrons. The molecule has 0 aliphatic heterocycles. The molecule has 0 saturated carbocycles. The minimum atomic E-state index is 0.528. The highest BCUT2D eigenvalue weighted by molar-refractivity contribution is 7.15. The molecule has 2 aromatic heterocycles. The van der Waals surface area contributed by atoms with Gasteiger partial charge < -0.3 is 10.5 Å². The third-order valence-corrected chi connectivity index (χ3v) is 3.87. The number of thiazole rings is 1. The first-order valence-electron chi connectivity index (χ1n) is 4.55. The lowest BCUT2D eigenvalue weighted by Crippen LogP contribution is -1.99. The Morgan fingerprint density at radius 1 is 1.53 bits per heavy atom. The van der Waals surface area contributed by atoms with Crippen LogP contribution >= 0.6 is 22.7 Å². The zero-order valence-corrected chi connectivity index (χ0v) is 10.0. The minimum absolute atomic E-state index is 0.528. The van der Waals surface area contributed by atoms with Gasteiger partial charge >= 0.3 is 0 Å². The van der Waals surface area contributed by atoms with Gasteiger partial charge in [-0.25, -0.2) is 4.98 Å². The Morgan fingerprint density at radius 3 is 3.00 bits per heavy atom. The smallest absolute Gasteiger partial charge is 0.124 e. The van der Waals surface area contributed by atoms with Crippen LogP contribution in [0.4, 0.5) is 0 Å². The summed E-state index contributed by atoms with van der Waals surface area (Å²) in [6.45, 7) is 1.06. The maximum absolute atomic E-state index is 5.67. The Labute approximate surface area is 96.5 Å². The number of hydrogen-bond donors (Lipinski definition) is 1. The molecule has 3 nitrogen and oxygen atoms in total. The van der Waals surface area contributed by atoms with Gasteiger partial charge in [-0.15, -0.1) is 11.3 Å². The van der Waals surface area contributed by atoms with E-state index in [9.17, 15) is 0 Å². The average molecular weight is 240 g/mol. The number of aromatic nitrogens is 1. The Morgan fingerprint density at radius 2 is 2.40 bits per heavy atom. The van der Waals surface area contributed by atoms with E-state index in [4.69, 9.17) is 10.5 Å². The molecular formula is C10H12N2OS2. The zero-order chi connectivity index (χ0) is 10.7. The van der Waals surface area contributed by atoms with E-state index in [-0.39, 0.29) is 0 Å². The van der Waals surface area contributed by atoms with Crippen molar-refractivity contribution in [2.24, 2.45) is 5.73 Å². The summed E-state index contributed by atoms with van der Waals surface area (Å²) in [7, 11) is 1.67. The lowest BCUT2D eigenvalue weighted by Gasteiger charge is -1.95. The Hall–Kier alpha value is -0.750. The lowest BCUT2D eigenvalue weighted by atomic mass is 10.3. The van der Waals surface area contributed by atoms with Gasteiger partial charge in [0, 0.05) is 29.5 Å². The van der Waals surface area contributed by atoms with E-state index in [1.54, 1.807) is 29.8 Å². The van der Waals surface area contributed by atoms with E-state index in [2.05, 4.69) is 21.8 Å². The SMILES string of the molecule is COCc1nc(-c2ccsc2)sc1CN. The topological polar surface area (TPSA) is 48.1 Å². The molecule has 0 aromatic carbocycles. The normalized spacial score (nSPS) is 10.8. The molecule has 0 bridgehead atoms. The average Bonchev–Trinajstić information content (AvgIpc) is 2.84. The predicted molar refractivity (Wildman–Crippen MR) is 64.0 cm³/mol. The van der Waals surface area contributed by atoms with Crippen LogP contribution in [-0.4, -0.2) is 12.1 Å². The van der Waals surface area contributed by atoms with Crippen molar-refractivity contribution < 1.29 is 4.74 Å². The summed E-state index contributed by atoms with van der Waals surface area (Å²) in [5.41, 5.74) is 7.80. The van der Waals surface area contributed by atoms with Gasteiger partial charge in [0.25, 0.3) is 0 Å². The van der Waals surface area contributed by atoms with E-state index < -0.39 is 0 Å². The van der Waals surface area contributed by atoms with Crippen LogP contribution in [0.1, 0.15) is 10.6 Å². The van der Waals surface area contributed by atoms with Gasteiger partial charge in [-0.05, 0) is 11.4 Å². The van der Waals surface area contributed by atoms with Gasteiger partial charge in [-0.1, -0.05) is 0 Å². The van der Waals surface area contributed by atoms with Gasteiger partial charge in [0.2, 0.25) is 0 Å². The van der Waals surface area contributed by atoms with Crippen molar-refractivity contribution in [3.63, 3.8) is 0 Å². The van der Waals surface area contributed by atoms with Crippen LogP contribution < -0.4 is 5.73 Å². The maximum Gasteiger partial charge on any atom is 0.124 e. The van der Waals surface area contributed by atoms with Crippen molar-refractivity contribution in [1.29, 1.82) is 0 Å². The molecule has 2 heterocycles. The molecular weight excluding hydrogens is 228 g/mol. The van der Waals surface area contributed by atoms with Crippen molar-refractivity contribution in [3.8, 4) is 10.6 Å². The third kappa shape index (κ3) is 2.26. The summed E-state index contributed by atoms with van der Waals surface area (Å²) in [6.07, 6.45) is 0. The van der Waals surface area contributed by atoms with E-state index in [0.717, 1.165) is 15.6 Å². The number of ether oxygens (including phenoxy) is 1. The highest BCUT2D eigenvalue weighted by Crippen LogP contribution is 2.29. The number of hydrogen-bond acceptors (Lipinski definition) is 5. The Bertz CT molecular complexity index is 423. The van der Waals surface area contributed by atoms with Gasteiger partial charge in [0.15, 0.2) is 0 Å². The van der Waals surface area contributed by atoms with Crippen molar-refractivity contribution in [3.05, 3.63) is 27.4 Å². The fraction of sp³-hybridized carbons (Fsp3) is 0.300. The highest BCUT2D eigenvalue weighted by Gasteiger charge is 2.11. The molecule has 5 heteroatoms. The van der Waals surface area contributed by atoms with Crippen LogP contribution in [0.25, 0.3) is 10.6 Å². The molecule has 0 aliphatic carbocycles. The second-order valence-corrected chi connectivity index (χ2v) is 4.90. The second-order valence-electron chi connectivity index (χ2n) is 3.04. The van der Waals surface area contributed by atoms with Gasteiger partial charge in [0.1, 0.15) is 5.01 Å². The fourth-order valence-corrected chi connectivity index (χ4v) is 2.96. The van der Waals surface area contributed by atoms with Crippen LogP contribution in [0.15, 0.2) is 16.8 Å². The fourth-order valence-electron chi connectivity index (χ4n) is 1.30. The van der Waals surface area contributed by atoms with E-state index in [0.29, 0.717) is 13.2 Å². The summed E-state index contributed by atoms with van der Waals surface area (Å²) < 4.78 is 5.09. The van der Waals surface area contributed by atoms with Crippen LogP contribution in [0.5, 0.6) is 0 Å². The summed E-state index contributed by atoms with van der Waals surface area (Å²) >= 11 is 3.32. The van der Waals surface area contributed by atoms with Crippen molar-refractivity contribution in [1.82, 2.24) is 4.98 Å². The number of rotatable bonds is 4. The van der Waals surface area contributed by atoms with Gasteiger partial charge in [-0.2, -0.15) is 11.3 Å². The standard InChI is InChI=1S/C10H12N2OS2/c1-13-5-8-9(4-11)15-10(12-8)7-2-3-14-6-7/h2-3,6H,4-5,11H2,1H3.